The number of carbonyl (C=O) groups is 1. The second kappa shape index (κ2) is 5.04. The number of nitrogens with zero attached hydrogens (tertiary/aromatic N) is 3. The van der Waals surface area contributed by atoms with Crippen molar-refractivity contribution in [2.75, 3.05) is 7.05 Å². The molecule has 0 saturated heterocycles. The molecule has 5 nitrogen and oxygen atoms in total. The maximum Gasteiger partial charge on any atom is 0.239 e. The molecule has 0 bridgehead atoms. The fraction of sp³-hybridized carbons (Fsp3) is 0.444. The maximum atomic E-state index is 11.5. The SMILES string of the molecule is C[C@H](N)C(=O)N(C)Cc1nccnc1Cl. The van der Waals surface area contributed by atoms with Gasteiger partial charge in [0, 0.05) is 19.4 Å². The van der Waals surface area contributed by atoms with E-state index in [9.17, 15) is 4.79 Å². The topological polar surface area (TPSA) is 72.1 Å². The second-order valence-electron chi connectivity index (χ2n) is 3.28. The van der Waals surface area contributed by atoms with Gasteiger partial charge < -0.3 is 10.6 Å². The molecule has 1 aromatic heterocycles. The number of nitrogens with two attached hydrogens (primary N) is 1. The summed E-state index contributed by atoms with van der Waals surface area (Å²) in [5.41, 5.74) is 6.03. The maximum absolute atomic E-state index is 11.5. The van der Waals surface area contributed by atoms with Gasteiger partial charge in [0.05, 0.1) is 18.3 Å². The zero-order valence-electron chi connectivity index (χ0n) is 8.64. The van der Waals surface area contributed by atoms with Crippen molar-refractivity contribution in [1.82, 2.24) is 14.9 Å². The van der Waals surface area contributed by atoms with E-state index in [2.05, 4.69) is 9.97 Å². The highest BCUT2D eigenvalue weighted by molar-refractivity contribution is 6.29. The monoisotopic (exact) mass is 228 g/mol. The lowest BCUT2D eigenvalue weighted by molar-refractivity contribution is -0.131. The van der Waals surface area contributed by atoms with E-state index in [0.29, 0.717) is 17.4 Å². The zero-order chi connectivity index (χ0) is 11.4. The molecule has 0 aliphatic heterocycles. The van der Waals surface area contributed by atoms with E-state index in [1.807, 2.05) is 0 Å². The van der Waals surface area contributed by atoms with Crippen molar-refractivity contribution in [2.24, 2.45) is 5.73 Å². The zero-order valence-corrected chi connectivity index (χ0v) is 9.40. The highest BCUT2D eigenvalue weighted by Gasteiger charge is 2.15. The summed E-state index contributed by atoms with van der Waals surface area (Å²) < 4.78 is 0. The largest absolute Gasteiger partial charge is 0.338 e. The third-order valence-electron chi connectivity index (χ3n) is 1.88. The number of halogens is 1. The summed E-state index contributed by atoms with van der Waals surface area (Å²) in [6.07, 6.45) is 3.03. The number of likely N-dealkylation sites (N-methyl/N-ethyl adjacent to an activating group) is 1. The number of amides is 1. The van der Waals surface area contributed by atoms with Gasteiger partial charge in [0.25, 0.3) is 0 Å². The van der Waals surface area contributed by atoms with E-state index in [4.69, 9.17) is 17.3 Å². The summed E-state index contributed by atoms with van der Waals surface area (Å²) in [5.74, 6) is -0.156. The van der Waals surface area contributed by atoms with E-state index in [-0.39, 0.29) is 5.91 Å². The summed E-state index contributed by atoms with van der Waals surface area (Å²) in [4.78, 5) is 20.8. The number of aromatic nitrogens is 2. The molecular formula is C9H13ClN4O. The Balaban J connectivity index is 2.71. The van der Waals surface area contributed by atoms with Crippen LogP contribution in [0.25, 0.3) is 0 Å². The lowest BCUT2D eigenvalue weighted by atomic mass is 10.3. The van der Waals surface area contributed by atoms with E-state index in [1.165, 1.54) is 17.3 Å². The van der Waals surface area contributed by atoms with Crippen LogP contribution < -0.4 is 5.73 Å². The first-order valence-electron chi connectivity index (χ1n) is 4.48. The average molecular weight is 229 g/mol. The first-order valence-corrected chi connectivity index (χ1v) is 4.86. The summed E-state index contributed by atoms with van der Waals surface area (Å²) >= 11 is 5.81. The second-order valence-corrected chi connectivity index (χ2v) is 3.63. The van der Waals surface area contributed by atoms with Crippen LogP contribution in [-0.4, -0.2) is 33.9 Å². The number of rotatable bonds is 3. The predicted octanol–water partition coefficient (Wildman–Crippen LogP) is 0.436. The third-order valence-corrected chi connectivity index (χ3v) is 2.19. The van der Waals surface area contributed by atoms with E-state index in [0.717, 1.165) is 0 Å². The Kier molecular flexibility index (Phi) is 3.99. The minimum atomic E-state index is -0.523. The molecular weight excluding hydrogens is 216 g/mol. The van der Waals surface area contributed by atoms with Crippen molar-refractivity contribution in [3.8, 4) is 0 Å². The van der Waals surface area contributed by atoms with Crippen molar-refractivity contribution in [1.29, 1.82) is 0 Å². The lowest BCUT2D eigenvalue weighted by Gasteiger charge is -2.18. The van der Waals surface area contributed by atoms with Gasteiger partial charge in [0.1, 0.15) is 0 Å². The summed E-state index contributed by atoms with van der Waals surface area (Å²) in [6, 6.07) is -0.523. The van der Waals surface area contributed by atoms with Crippen molar-refractivity contribution in [2.45, 2.75) is 19.5 Å². The molecule has 82 valence electrons. The average Bonchev–Trinajstić information content (AvgIpc) is 2.20. The minimum absolute atomic E-state index is 0.156. The third kappa shape index (κ3) is 3.14. The van der Waals surface area contributed by atoms with Crippen molar-refractivity contribution in [3.05, 3.63) is 23.2 Å². The number of hydrogen-bond acceptors (Lipinski definition) is 4. The van der Waals surface area contributed by atoms with Gasteiger partial charge in [-0.3, -0.25) is 9.78 Å². The molecule has 15 heavy (non-hydrogen) atoms. The van der Waals surface area contributed by atoms with Crippen LogP contribution in [-0.2, 0) is 11.3 Å². The van der Waals surface area contributed by atoms with E-state index in [1.54, 1.807) is 14.0 Å². The van der Waals surface area contributed by atoms with Gasteiger partial charge in [-0.05, 0) is 6.92 Å². The van der Waals surface area contributed by atoms with Gasteiger partial charge in [-0.15, -0.1) is 0 Å². The van der Waals surface area contributed by atoms with Crippen LogP contribution in [0.3, 0.4) is 0 Å². The molecule has 0 fully saturated rings. The van der Waals surface area contributed by atoms with Gasteiger partial charge in [0.2, 0.25) is 5.91 Å². The molecule has 0 aliphatic carbocycles. The molecule has 0 saturated carbocycles. The molecule has 1 aromatic rings. The normalized spacial score (nSPS) is 12.3. The van der Waals surface area contributed by atoms with Crippen molar-refractivity contribution in [3.63, 3.8) is 0 Å². The Labute approximate surface area is 93.3 Å². The van der Waals surface area contributed by atoms with Crippen LogP contribution in [0.4, 0.5) is 0 Å². The molecule has 6 heteroatoms. The standard InChI is InChI=1S/C9H13ClN4O/c1-6(11)9(15)14(2)5-7-8(10)13-4-3-12-7/h3-4,6H,5,11H2,1-2H3/t6-/m0/s1. The van der Waals surface area contributed by atoms with Crippen LogP contribution in [0.1, 0.15) is 12.6 Å². The Hall–Kier alpha value is -1.20. The predicted molar refractivity (Wildman–Crippen MR) is 57.2 cm³/mol. The fourth-order valence-corrected chi connectivity index (χ4v) is 1.27. The molecule has 0 aliphatic rings. The van der Waals surface area contributed by atoms with Gasteiger partial charge >= 0.3 is 0 Å². The molecule has 0 spiro atoms. The fourth-order valence-electron chi connectivity index (χ4n) is 1.11. The van der Waals surface area contributed by atoms with E-state index < -0.39 is 6.04 Å². The van der Waals surface area contributed by atoms with Crippen LogP contribution in [0.5, 0.6) is 0 Å². The van der Waals surface area contributed by atoms with Crippen LogP contribution >= 0.6 is 11.6 Å². The van der Waals surface area contributed by atoms with Crippen LogP contribution in [0.2, 0.25) is 5.15 Å². The Bertz CT molecular complexity index is 356. The first kappa shape index (κ1) is 11.9. The number of hydrogen-bond donors (Lipinski definition) is 1. The summed E-state index contributed by atoms with van der Waals surface area (Å²) in [6.45, 7) is 1.95. The lowest BCUT2D eigenvalue weighted by Crippen LogP contribution is -2.39. The van der Waals surface area contributed by atoms with Gasteiger partial charge in [-0.25, -0.2) is 4.98 Å². The van der Waals surface area contributed by atoms with Gasteiger partial charge in [0.15, 0.2) is 5.15 Å². The minimum Gasteiger partial charge on any atom is -0.338 e. The first-order chi connectivity index (χ1) is 7.02. The molecule has 2 N–H and O–H groups in total. The molecule has 0 unspecified atom stereocenters. The number of carbonyl (C=O) groups excluding carboxylic acids is 1. The molecule has 0 radical (unpaired) electrons. The Morgan fingerprint density at radius 2 is 2.20 bits per heavy atom. The summed E-state index contributed by atoms with van der Waals surface area (Å²) in [7, 11) is 1.65. The smallest absolute Gasteiger partial charge is 0.239 e. The van der Waals surface area contributed by atoms with Crippen molar-refractivity contribution < 1.29 is 4.79 Å². The molecule has 1 atom stereocenters. The highest BCUT2D eigenvalue weighted by atomic mass is 35.5. The molecule has 0 aromatic carbocycles. The molecule has 1 amide bonds. The highest BCUT2D eigenvalue weighted by Crippen LogP contribution is 2.10. The molecule has 1 heterocycles. The Morgan fingerprint density at radius 1 is 1.60 bits per heavy atom. The van der Waals surface area contributed by atoms with Gasteiger partial charge in [-0.2, -0.15) is 0 Å². The van der Waals surface area contributed by atoms with E-state index >= 15 is 0 Å². The van der Waals surface area contributed by atoms with Crippen molar-refractivity contribution >= 4 is 17.5 Å². The quantitative estimate of drug-likeness (QED) is 0.815. The molecule has 1 rings (SSSR count). The van der Waals surface area contributed by atoms with Crippen LogP contribution in [0, 0.1) is 0 Å². The van der Waals surface area contributed by atoms with Crippen LogP contribution in [0.15, 0.2) is 12.4 Å². The van der Waals surface area contributed by atoms with Gasteiger partial charge in [-0.1, -0.05) is 11.6 Å². The Morgan fingerprint density at radius 3 is 2.73 bits per heavy atom. The summed E-state index contributed by atoms with van der Waals surface area (Å²) in [5, 5.41) is 0.307.